The molecule has 3 aromatic rings. The molecule has 0 aliphatic rings. The van der Waals surface area contributed by atoms with E-state index in [0.717, 1.165) is 11.3 Å². The lowest BCUT2D eigenvalue weighted by Gasteiger charge is -2.14. The predicted octanol–water partition coefficient (Wildman–Crippen LogP) is 3.55. The number of carbonyl (C=O) groups is 3. The molecule has 3 aromatic carbocycles. The quantitative estimate of drug-likeness (QED) is 0.544. The number of anilines is 1. The predicted molar refractivity (Wildman–Crippen MR) is 116 cm³/mol. The molecule has 0 heterocycles. The first-order chi connectivity index (χ1) is 14.9. The summed E-state index contributed by atoms with van der Waals surface area (Å²) in [6.07, 6.45) is -1.01. The highest BCUT2D eigenvalue weighted by Gasteiger charge is 2.19. The molecule has 0 spiro atoms. The first-order valence-corrected chi connectivity index (χ1v) is 9.61. The average Bonchev–Trinajstić information content (AvgIpc) is 2.79. The fourth-order valence-corrected chi connectivity index (χ4v) is 2.66. The molecule has 1 atom stereocenters. The van der Waals surface area contributed by atoms with Crippen LogP contribution in [0.5, 0.6) is 5.75 Å². The fraction of sp³-hybridized carbons (Fsp3) is 0.125. The van der Waals surface area contributed by atoms with Crippen molar-refractivity contribution >= 4 is 23.5 Å². The van der Waals surface area contributed by atoms with Crippen LogP contribution >= 0.6 is 0 Å². The molecule has 7 nitrogen and oxygen atoms in total. The molecule has 0 bridgehead atoms. The number of para-hydroxylation sites is 1. The molecule has 0 radical (unpaired) electrons. The van der Waals surface area contributed by atoms with Gasteiger partial charge in [0.2, 0.25) is 5.91 Å². The standard InChI is InChI=1S/C24H22N2O5/c1-16(23(28)26-20-13-11-18(12-14-20)22(25)27)31-24(29)19-9-7-17(8-10-19)15-30-21-5-3-2-4-6-21/h2-14,16H,15H2,1H3,(H2,25,27)(H,26,28)/t16-/m1/s1. The smallest absolute Gasteiger partial charge is 0.338 e. The van der Waals surface area contributed by atoms with Crippen LogP contribution in [0.2, 0.25) is 0 Å². The van der Waals surface area contributed by atoms with E-state index < -0.39 is 23.9 Å². The summed E-state index contributed by atoms with van der Waals surface area (Å²) in [5, 5.41) is 2.62. The summed E-state index contributed by atoms with van der Waals surface area (Å²) in [7, 11) is 0. The van der Waals surface area contributed by atoms with Gasteiger partial charge in [0.1, 0.15) is 12.4 Å². The Morgan fingerprint density at radius 2 is 1.48 bits per heavy atom. The van der Waals surface area contributed by atoms with Gasteiger partial charge in [-0.05, 0) is 61.0 Å². The van der Waals surface area contributed by atoms with Crippen LogP contribution in [-0.4, -0.2) is 23.9 Å². The molecule has 7 heteroatoms. The van der Waals surface area contributed by atoms with Crippen molar-refractivity contribution in [3.05, 3.63) is 95.6 Å². The zero-order valence-corrected chi connectivity index (χ0v) is 16.9. The van der Waals surface area contributed by atoms with Gasteiger partial charge in [-0.15, -0.1) is 0 Å². The number of carbonyl (C=O) groups excluding carboxylic acids is 3. The van der Waals surface area contributed by atoms with Crippen molar-refractivity contribution in [2.45, 2.75) is 19.6 Å². The molecular weight excluding hydrogens is 396 g/mol. The lowest BCUT2D eigenvalue weighted by Crippen LogP contribution is -2.30. The Balaban J connectivity index is 1.51. The van der Waals surface area contributed by atoms with Gasteiger partial charge in [-0.1, -0.05) is 30.3 Å². The second kappa shape index (κ2) is 10.1. The first-order valence-electron chi connectivity index (χ1n) is 9.61. The molecule has 3 N–H and O–H groups in total. The van der Waals surface area contributed by atoms with Crippen molar-refractivity contribution in [1.29, 1.82) is 0 Å². The molecule has 31 heavy (non-hydrogen) atoms. The summed E-state index contributed by atoms with van der Waals surface area (Å²) in [6.45, 7) is 1.85. The van der Waals surface area contributed by atoms with E-state index in [0.29, 0.717) is 23.4 Å². The van der Waals surface area contributed by atoms with Crippen LogP contribution in [0.3, 0.4) is 0 Å². The van der Waals surface area contributed by atoms with Gasteiger partial charge in [0.05, 0.1) is 5.56 Å². The average molecular weight is 418 g/mol. The number of nitrogens with two attached hydrogens (primary N) is 1. The number of nitrogens with one attached hydrogen (secondary N) is 1. The summed E-state index contributed by atoms with van der Waals surface area (Å²) in [6, 6.07) is 22.3. The van der Waals surface area contributed by atoms with Gasteiger partial charge < -0.3 is 20.5 Å². The highest BCUT2D eigenvalue weighted by atomic mass is 16.5. The third-order valence-corrected chi connectivity index (χ3v) is 4.43. The van der Waals surface area contributed by atoms with Crippen molar-refractivity contribution in [2.75, 3.05) is 5.32 Å². The highest BCUT2D eigenvalue weighted by Crippen LogP contribution is 2.14. The maximum Gasteiger partial charge on any atom is 0.338 e. The van der Waals surface area contributed by atoms with Crippen molar-refractivity contribution in [3.8, 4) is 5.75 Å². The maximum absolute atomic E-state index is 12.3. The number of primary amides is 1. The number of ether oxygens (including phenoxy) is 2. The van der Waals surface area contributed by atoms with E-state index >= 15 is 0 Å². The van der Waals surface area contributed by atoms with Crippen LogP contribution in [0, 0.1) is 0 Å². The molecule has 0 aliphatic carbocycles. The summed E-state index contributed by atoms with van der Waals surface area (Å²) in [4.78, 5) is 35.7. The third kappa shape index (κ3) is 6.17. The molecule has 3 rings (SSSR count). The Morgan fingerprint density at radius 3 is 2.10 bits per heavy atom. The molecule has 0 aromatic heterocycles. The second-order valence-electron chi connectivity index (χ2n) is 6.78. The number of hydrogen-bond acceptors (Lipinski definition) is 5. The minimum Gasteiger partial charge on any atom is -0.489 e. The van der Waals surface area contributed by atoms with Crippen LogP contribution in [0.4, 0.5) is 5.69 Å². The van der Waals surface area contributed by atoms with E-state index in [-0.39, 0.29) is 0 Å². The van der Waals surface area contributed by atoms with Crippen LogP contribution in [0.15, 0.2) is 78.9 Å². The molecular formula is C24H22N2O5. The molecule has 0 aliphatic heterocycles. The van der Waals surface area contributed by atoms with Crippen molar-refractivity contribution in [1.82, 2.24) is 0 Å². The summed E-state index contributed by atoms with van der Waals surface area (Å²) in [5.74, 6) is -0.900. The van der Waals surface area contributed by atoms with E-state index in [4.69, 9.17) is 15.2 Å². The van der Waals surface area contributed by atoms with Gasteiger partial charge in [0.15, 0.2) is 6.10 Å². The van der Waals surface area contributed by atoms with Crippen molar-refractivity contribution in [2.24, 2.45) is 5.73 Å². The first kappa shape index (κ1) is 21.6. The van der Waals surface area contributed by atoms with E-state index in [1.54, 1.807) is 36.4 Å². The fourth-order valence-electron chi connectivity index (χ4n) is 2.66. The molecule has 0 fully saturated rings. The summed E-state index contributed by atoms with van der Waals surface area (Å²) >= 11 is 0. The van der Waals surface area contributed by atoms with E-state index in [1.807, 2.05) is 30.3 Å². The number of rotatable bonds is 8. The summed E-state index contributed by atoms with van der Waals surface area (Å²) < 4.78 is 10.9. The number of esters is 1. The molecule has 0 saturated heterocycles. The van der Waals surface area contributed by atoms with Gasteiger partial charge in [-0.3, -0.25) is 9.59 Å². The van der Waals surface area contributed by atoms with Gasteiger partial charge >= 0.3 is 5.97 Å². The number of benzene rings is 3. The SMILES string of the molecule is C[C@@H](OC(=O)c1ccc(COc2ccccc2)cc1)C(=O)Nc1ccc(C(N)=O)cc1. The van der Waals surface area contributed by atoms with Gasteiger partial charge in [0.25, 0.3) is 5.91 Å². The second-order valence-corrected chi connectivity index (χ2v) is 6.78. The Hall–Kier alpha value is -4.13. The monoisotopic (exact) mass is 418 g/mol. The third-order valence-electron chi connectivity index (χ3n) is 4.43. The molecule has 158 valence electrons. The Bertz CT molecular complexity index is 1050. The van der Waals surface area contributed by atoms with Crippen molar-refractivity contribution < 1.29 is 23.9 Å². The van der Waals surface area contributed by atoms with Crippen LogP contribution in [0.1, 0.15) is 33.2 Å². The minimum absolute atomic E-state index is 0.328. The maximum atomic E-state index is 12.3. The highest BCUT2D eigenvalue weighted by molar-refractivity contribution is 5.98. The van der Waals surface area contributed by atoms with Crippen LogP contribution < -0.4 is 15.8 Å². The number of hydrogen-bond donors (Lipinski definition) is 2. The van der Waals surface area contributed by atoms with E-state index in [1.165, 1.54) is 19.1 Å². The normalized spacial score (nSPS) is 11.3. The number of amides is 2. The molecule has 2 amide bonds. The zero-order chi connectivity index (χ0) is 22.2. The van der Waals surface area contributed by atoms with Crippen molar-refractivity contribution in [3.63, 3.8) is 0 Å². The van der Waals surface area contributed by atoms with Gasteiger partial charge in [-0.25, -0.2) is 4.79 Å². The van der Waals surface area contributed by atoms with Crippen LogP contribution in [-0.2, 0) is 16.1 Å². The lowest BCUT2D eigenvalue weighted by molar-refractivity contribution is -0.123. The van der Waals surface area contributed by atoms with Gasteiger partial charge in [-0.2, -0.15) is 0 Å². The Labute approximate surface area is 179 Å². The molecule has 0 unspecified atom stereocenters. The molecule has 0 saturated carbocycles. The summed E-state index contributed by atoms with van der Waals surface area (Å²) in [5.41, 5.74) is 7.19. The van der Waals surface area contributed by atoms with E-state index in [2.05, 4.69) is 5.32 Å². The lowest BCUT2D eigenvalue weighted by atomic mass is 10.1. The largest absolute Gasteiger partial charge is 0.489 e. The zero-order valence-electron chi connectivity index (χ0n) is 16.9. The topological polar surface area (TPSA) is 108 Å². The Kier molecular flexibility index (Phi) is 7.01. The van der Waals surface area contributed by atoms with Crippen LogP contribution in [0.25, 0.3) is 0 Å². The van der Waals surface area contributed by atoms with Gasteiger partial charge in [0, 0.05) is 11.3 Å². The minimum atomic E-state index is -1.01. The van der Waals surface area contributed by atoms with E-state index in [9.17, 15) is 14.4 Å². The Morgan fingerprint density at radius 1 is 0.871 bits per heavy atom.